The number of nitrogens with one attached hydrogen (secondary N) is 1. The summed E-state index contributed by atoms with van der Waals surface area (Å²) in [5.74, 6) is -0.00423. The van der Waals surface area contributed by atoms with Gasteiger partial charge in [0.1, 0.15) is 12.7 Å². The molecule has 27 heavy (non-hydrogen) atoms. The molecule has 0 saturated carbocycles. The number of anilines is 1. The third-order valence-electron chi connectivity index (χ3n) is 4.54. The molecular weight excluding hydrogens is 342 g/mol. The third-order valence-corrected chi connectivity index (χ3v) is 4.54. The molecule has 1 saturated heterocycles. The van der Waals surface area contributed by atoms with Crippen molar-refractivity contribution in [1.29, 1.82) is 0 Å². The van der Waals surface area contributed by atoms with Gasteiger partial charge in [-0.05, 0) is 48.4 Å². The Hall–Kier alpha value is -3.48. The molecule has 0 spiro atoms. The number of rotatable bonds is 5. The predicted octanol–water partition coefficient (Wildman–Crippen LogP) is 2.64. The number of hydrogen-bond acceptors (Lipinski definition) is 4. The van der Waals surface area contributed by atoms with E-state index < -0.39 is 0 Å². The third kappa shape index (κ3) is 3.87. The smallest absolute Gasteiger partial charge is 0.255 e. The lowest BCUT2D eigenvalue weighted by atomic mass is 10.1. The summed E-state index contributed by atoms with van der Waals surface area (Å²) in [6, 6.07) is 14.8. The predicted molar refractivity (Wildman–Crippen MR) is 100 cm³/mol. The van der Waals surface area contributed by atoms with Gasteiger partial charge < -0.3 is 10.2 Å². The number of amides is 2. The highest BCUT2D eigenvalue weighted by Gasteiger charge is 2.20. The first-order valence-corrected chi connectivity index (χ1v) is 8.82. The van der Waals surface area contributed by atoms with Crippen LogP contribution in [0.3, 0.4) is 0 Å². The van der Waals surface area contributed by atoms with Crippen molar-refractivity contribution < 1.29 is 9.59 Å². The molecule has 7 nitrogen and oxygen atoms in total. The molecular formula is C20H19N5O2. The molecule has 1 aliphatic heterocycles. The van der Waals surface area contributed by atoms with Crippen molar-refractivity contribution in [3.63, 3.8) is 0 Å². The van der Waals surface area contributed by atoms with Crippen molar-refractivity contribution in [1.82, 2.24) is 19.7 Å². The number of hydrogen-bond donors (Lipinski definition) is 1. The maximum atomic E-state index is 12.6. The molecule has 2 aromatic carbocycles. The molecule has 3 aromatic rings. The summed E-state index contributed by atoms with van der Waals surface area (Å²) in [4.78, 5) is 30.1. The number of likely N-dealkylation sites (tertiary alicyclic amines) is 1. The Morgan fingerprint density at radius 1 is 1.15 bits per heavy atom. The fourth-order valence-corrected chi connectivity index (χ4v) is 3.14. The molecule has 1 fully saturated rings. The molecule has 0 unspecified atom stereocenters. The van der Waals surface area contributed by atoms with Crippen molar-refractivity contribution >= 4 is 17.5 Å². The molecule has 7 heteroatoms. The van der Waals surface area contributed by atoms with Gasteiger partial charge in [0.2, 0.25) is 5.91 Å². The molecule has 1 N–H and O–H groups in total. The van der Waals surface area contributed by atoms with Crippen molar-refractivity contribution in [2.75, 3.05) is 11.9 Å². The first kappa shape index (κ1) is 17.0. The molecule has 4 rings (SSSR count). The summed E-state index contributed by atoms with van der Waals surface area (Å²) in [7, 11) is 0. The van der Waals surface area contributed by atoms with E-state index in [1.807, 2.05) is 47.4 Å². The first-order valence-electron chi connectivity index (χ1n) is 8.82. The Morgan fingerprint density at radius 3 is 2.70 bits per heavy atom. The highest BCUT2D eigenvalue weighted by atomic mass is 16.2. The van der Waals surface area contributed by atoms with Gasteiger partial charge in [-0.25, -0.2) is 9.67 Å². The zero-order chi connectivity index (χ0) is 18.6. The summed E-state index contributed by atoms with van der Waals surface area (Å²) in [5, 5.41) is 6.97. The average molecular weight is 361 g/mol. The van der Waals surface area contributed by atoms with Gasteiger partial charge in [0.25, 0.3) is 5.91 Å². The number of benzene rings is 2. The minimum atomic E-state index is -0.182. The molecule has 0 atom stereocenters. The summed E-state index contributed by atoms with van der Waals surface area (Å²) in [6.07, 6.45) is 4.61. The van der Waals surface area contributed by atoms with E-state index in [-0.39, 0.29) is 11.8 Å². The minimum Gasteiger partial charge on any atom is -0.338 e. The van der Waals surface area contributed by atoms with E-state index in [9.17, 15) is 9.59 Å². The lowest BCUT2D eigenvalue weighted by Crippen LogP contribution is -2.24. The molecule has 136 valence electrons. The van der Waals surface area contributed by atoms with Gasteiger partial charge in [0, 0.05) is 30.8 Å². The minimum absolute atomic E-state index is 0.178. The maximum Gasteiger partial charge on any atom is 0.255 e. The molecule has 0 bridgehead atoms. The Labute approximate surface area is 156 Å². The molecule has 0 aliphatic carbocycles. The largest absolute Gasteiger partial charge is 0.338 e. The quantitative estimate of drug-likeness (QED) is 0.758. The lowest BCUT2D eigenvalue weighted by molar-refractivity contribution is -0.128. The van der Waals surface area contributed by atoms with E-state index in [1.165, 1.54) is 6.33 Å². The van der Waals surface area contributed by atoms with E-state index in [0.717, 1.165) is 24.2 Å². The van der Waals surface area contributed by atoms with Gasteiger partial charge in [-0.2, -0.15) is 5.10 Å². The van der Waals surface area contributed by atoms with Crippen LogP contribution in [0.4, 0.5) is 5.69 Å². The van der Waals surface area contributed by atoms with Crippen LogP contribution in [0.1, 0.15) is 28.8 Å². The molecule has 1 aliphatic rings. The van der Waals surface area contributed by atoms with Crippen LogP contribution in [-0.4, -0.2) is 38.0 Å². The second-order valence-electron chi connectivity index (χ2n) is 6.46. The summed E-state index contributed by atoms with van der Waals surface area (Å²) in [5.41, 5.74) is 3.09. The van der Waals surface area contributed by atoms with E-state index in [2.05, 4.69) is 15.4 Å². The maximum absolute atomic E-state index is 12.6. The monoisotopic (exact) mass is 361 g/mol. The number of aromatic nitrogens is 3. The SMILES string of the molecule is O=C(Nc1ccc(-n2cncn2)cc1)c1cccc(CN2CCCC2=O)c1. The van der Waals surface area contributed by atoms with Gasteiger partial charge in [-0.3, -0.25) is 9.59 Å². The lowest BCUT2D eigenvalue weighted by Gasteiger charge is -2.16. The van der Waals surface area contributed by atoms with Crippen molar-refractivity contribution in [2.24, 2.45) is 0 Å². The van der Waals surface area contributed by atoms with Gasteiger partial charge in [0.15, 0.2) is 0 Å². The highest BCUT2D eigenvalue weighted by Crippen LogP contribution is 2.17. The first-order chi connectivity index (χ1) is 13.2. The van der Waals surface area contributed by atoms with Crippen LogP contribution in [0.25, 0.3) is 5.69 Å². The van der Waals surface area contributed by atoms with Crippen molar-refractivity contribution in [3.8, 4) is 5.69 Å². The van der Waals surface area contributed by atoms with Crippen LogP contribution in [0, 0.1) is 0 Å². The summed E-state index contributed by atoms with van der Waals surface area (Å²) >= 11 is 0. The van der Waals surface area contributed by atoms with E-state index in [0.29, 0.717) is 24.2 Å². The van der Waals surface area contributed by atoms with Crippen LogP contribution in [0.5, 0.6) is 0 Å². The van der Waals surface area contributed by atoms with Crippen molar-refractivity contribution in [3.05, 3.63) is 72.3 Å². The van der Waals surface area contributed by atoms with Crippen LogP contribution in [0.2, 0.25) is 0 Å². The fraction of sp³-hybridized carbons (Fsp3) is 0.200. The highest BCUT2D eigenvalue weighted by molar-refractivity contribution is 6.04. The topological polar surface area (TPSA) is 80.1 Å². The van der Waals surface area contributed by atoms with Crippen molar-refractivity contribution in [2.45, 2.75) is 19.4 Å². The summed E-state index contributed by atoms with van der Waals surface area (Å²) < 4.78 is 1.65. The second kappa shape index (κ2) is 7.41. The number of nitrogens with zero attached hydrogens (tertiary/aromatic N) is 4. The van der Waals surface area contributed by atoms with Crippen LogP contribution < -0.4 is 5.32 Å². The Bertz CT molecular complexity index is 951. The normalized spacial score (nSPS) is 13.8. The van der Waals surface area contributed by atoms with Crippen LogP contribution in [0.15, 0.2) is 61.2 Å². The molecule has 0 radical (unpaired) electrons. The van der Waals surface area contributed by atoms with Crippen LogP contribution in [-0.2, 0) is 11.3 Å². The molecule has 2 heterocycles. The van der Waals surface area contributed by atoms with E-state index in [4.69, 9.17) is 0 Å². The van der Waals surface area contributed by atoms with E-state index in [1.54, 1.807) is 17.1 Å². The fourth-order valence-electron chi connectivity index (χ4n) is 3.14. The zero-order valence-electron chi connectivity index (χ0n) is 14.7. The summed E-state index contributed by atoms with van der Waals surface area (Å²) in [6.45, 7) is 1.33. The standard InChI is InChI=1S/C20H19N5O2/c26-19-5-2-10-24(19)12-15-3-1-4-16(11-15)20(27)23-17-6-8-18(9-7-17)25-14-21-13-22-25/h1,3-4,6-9,11,13-14H,2,5,10,12H2,(H,23,27). The Balaban J connectivity index is 1.43. The van der Waals surface area contributed by atoms with Gasteiger partial charge in [0.05, 0.1) is 5.69 Å². The van der Waals surface area contributed by atoms with Gasteiger partial charge >= 0.3 is 0 Å². The molecule has 2 amide bonds. The van der Waals surface area contributed by atoms with Gasteiger partial charge in [-0.15, -0.1) is 0 Å². The zero-order valence-corrected chi connectivity index (χ0v) is 14.7. The average Bonchev–Trinajstić information content (AvgIpc) is 3.35. The van der Waals surface area contributed by atoms with E-state index >= 15 is 0 Å². The Morgan fingerprint density at radius 2 is 2.00 bits per heavy atom. The second-order valence-corrected chi connectivity index (χ2v) is 6.46. The number of carbonyl (C=O) groups excluding carboxylic acids is 2. The van der Waals surface area contributed by atoms with Crippen LogP contribution >= 0.6 is 0 Å². The number of carbonyl (C=O) groups is 2. The van der Waals surface area contributed by atoms with Gasteiger partial charge in [-0.1, -0.05) is 12.1 Å². The Kier molecular flexibility index (Phi) is 4.65. The molecule has 1 aromatic heterocycles.